The van der Waals surface area contributed by atoms with E-state index in [9.17, 15) is 24.2 Å². The zero-order chi connectivity index (χ0) is 37.7. The summed E-state index contributed by atoms with van der Waals surface area (Å²) in [4.78, 5) is 34.7. The molecule has 0 rings (SSSR count). The number of nitrogens with two attached hydrogens (primary N) is 1. The molecule has 0 saturated carbocycles. The number of rotatable bonds is 36. The van der Waals surface area contributed by atoms with Gasteiger partial charge in [0.15, 0.2) is 6.10 Å². The Morgan fingerprint density at radius 2 is 1.27 bits per heavy atom. The fourth-order valence-electron chi connectivity index (χ4n) is 5.06. The van der Waals surface area contributed by atoms with E-state index in [0.29, 0.717) is 19.3 Å². The molecule has 0 aliphatic rings. The molecule has 4 N–H and O–H groups in total. The first-order valence-electron chi connectivity index (χ1n) is 19.7. The fourth-order valence-corrected chi connectivity index (χ4v) is 5.82. The Hall–Kier alpha value is -2.07. The van der Waals surface area contributed by atoms with Crippen LogP contribution in [-0.4, -0.2) is 60.5 Å². The fraction of sp³-hybridized carbons (Fsp3) is 0.750. The molecule has 296 valence electrons. The highest BCUT2D eigenvalue weighted by molar-refractivity contribution is 7.47. The van der Waals surface area contributed by atoms with Crippen molar-refractivity contribution in [3.63, 3.8) is 0 Å². The minimum absolute atomic E-state index is 0.0336. The second-order valence-electron chi connectivity index (χ2n) is 13.0. The number of hydrogen-bond donors (Lipinski definition) is 3. The molecule has 0 bridgehead atoms. The van der Waals surface area contributed by atoms with Crippen LogP contribution in [0.5, 0.6) is 0 Å². The van der Waals surface area contributed by atoms with Gasteiger partial charge < -0.3 is 25.2 Å². The number of allylic oxidation sites excluding steroid dienone is 6. The van der Waals surface area contributed by atoms with Crippen LogP contribution in [0.4, 0.5) is 0 Å². The van der Waals surface area contributed by atoms with Gasteiger partial charge in [0.25, 0.3) is 0 Å². The van der Waals surface area contributed by atoms with Crippen LogP contribution >= 0.6 is 7.82 Å². The van der Waals surface area contributed by atoms with Crippen LogP contribution in [0, 0.1) is 0 Å². The number of aliphatic hydroxyl groups excluding tert-OH is 1. The standard InChI is InChI=1S/C40H72NO9P/c1-3-5-7-9-11-12-13-14-15-19-23-27-31-39(43)47-35-38(36-49-51(45,46)48-34-33-41)50-40(44)32-28-24-20-16-18-22-26-30-37(42)29-25-21-17-10-8-6-4-2/h16-17,20-22,25-26,29,37-38,42H,3-15,18-19,23-24,27-28,30-36,41H2,1-2H3,(H,45,46)/b20-16+,21-17-,26-22-,29-25-/t37-,38+/m0/s1. The Labute approximate surface area is 309 Å². The molecule has 0 aromatic carbocycles. The van der Waals surface area contributed by atoms with E-state index in [1.807, 2.05) is 36.5 Å². The van der Waals surface area contributed by atoms with Crippen LogP contribution in [0.3, 0.4) is 0 Å². The van der Waals surface area contributed by atoms with Crippen LogP contribution in [-0.2, 0) is 32.7 Å². The first-order valence-corrected chi connectivity index (χ1v) is 21.2. The number of carbonyl (C=O) groups is 2. The van der Waals surface area contributed by atoms with Crippen molar-refractivity contribution >= 4 is 19.8 Å². The van der Waals surface area contributed by atoms with Gasteiger partial charge in [0, 0.05) is 19.4 Å². The number of phosphoric acid groups is 1. The highest BCUT2D eigenvalue weighted by Gasteiger charge is 2.25. The molecule has 0 radical (unpaired) electrons. The van der Waals surface area contributed by atoms with Crippen molar-refractivity contribution in [1.29, 1.82) is 0 Å². The van der Waals surface area contributed by atoms with Crippen LogP contribution in [0.25, 0.3) is 0 Å². The quantitative estimate of drug-likeness (QED) is 0.0186. The van der Waals surface area contributed by atoms with Crippen molar-refractivity contribution in [2.24, 2.45) is 5.73 Å². The van der Waals surface area contributed by atoms with E-state index in [2.05, 4.69) is 19.9 Å². The van der Waals surface area contributed by atoms with E-state index in [-0.39, 0.29) is 32.6 Å². The average Bonchev–Trinajstić information content (AvgIpc) is 3.11. The van der Waals surface area contributed by atoms with Crippen LogP contribution in [0.15, 0.2) is 48.6 Å². The van der Waals surface area contributed by atoms with Gasteiger partial charge >= 0.3 is 19.8 Å². The van der Waals surface area contributed by atoms with Gasteiger partial charge in [-0.05, 0) is 44.9 Å². The van der Waals surface area contributed by atoms with E-state index in [1.54, 1.807) is 6.08 Å². The maximum absolute atomic E-state index is 12.5. The van der Waals surface area contributed by atoms with Gasteiger partial charge in [0.1, 0.15) is 6.61 Å². The predicted molar refractivity (Wildman–Crippen MR) is 207 cm³/mol. The molecule has 0 heterocycles. The van der Waals surface area contributed by atoms with Crippen LogP contribution < -0.4 is 5.73 Å². The van der Waals surface area contributed by atoms with Crippen molar-refractivity contribution in [1.82, 2.24) is 0 Å². The lowest BCUT2D eigenvalue weighted by atomic mass is 10.0. The molecule has 0 aliphatic heterocycles. The summed E-state index contributed by atoms with van der Waals surface area (Å²) in [6, 6.07) is 0. The zero-order valence-electron chi connectivity index (χ0n) is 31.9. The van der Waals surface area contributed by atoms with Gasteiger partial charge in [-0.15, -0.1) is 0 Å². The van der Waals surface area contributed by atoms with Gasteiger partial charge in [0.2, 0.25) is 0 Å². The third-order valence-electron chi connectivity index (χ3n) is 8.05. The molecule has 0 spiro atoms. The summed E-state index contributed by atoms with van der Waals surface area (Å²) in [7, 11) is -4.40. The molecule has 3 atom stereocenters. The minimum atomic E-state index is -4.40. The highest BCUT2D eigenvalue weighted by Crippen LogP contribution is 2.43. The topological polar surface area (TPSA) is 155 Å². The number of esters is 2. The summed E-state index contributed by atoms with van der Waals surface area (Å²) < 4.78 is 32.6. The average molecular weight is 742 g/mol. The number of unbranched alkanes of at least 4 members (excludes halogenated alkanes) is 15. The molecule has 0 aromatic rings. The zero-order valence-corrected chi connectivity index (χ0v) is 32.8. The monoisotopic (exact) mass is 741 g/mol. The third kappa shape index (κ3) is 36.1. The number of phosphoric ester groups is 1. The Bertz CT molecular complexity index is 998. The molecule has 11 heteroatoms. The van der Waals surface area contributed by atoms with Crippen molar-refractivity contribution in [2.45, 2.75) is 167 Å². The second kappa shape index (κ2) is 36.3. The maximum atomic E-state index is 12.5. The van der Waals surface area contributed by atoms with Crippen molar-refractivity contribution in [3.05, 3.63) is 48.6 Å². The Morgan fingerprint density at radius 1 is 0.686 bits per heavy atom. The van der Waals surface area contributed by atoms with E-state index in [1.165, 1.54) is 77.0 Å². The summed E-state index contributed by atoms with van der Waals surface area (Å²) in [6.07, 6.45) is 36.0. The SMILES string of the molecule is CCCCC/C=C\C=C/[C@H](O)C/C=C\C/C=C/CCCC(=O)O[C@H](COC(=O)CCCCCCCCCCCCCC)COP(=O)(O)OCCN. The van der Waals surface area contributed by atoms with E-state index >= 15 is 0 Å². The number of hydrogen-bond acceptors (Lipinski definition) is 9. The Morgan fingerprint density at radius 3 is 1.94 bits per heavy atom. The van der Waals surface area contributed by atoms with Gasteiger partial charge in [0.05, 0.1) is 19.3 Å². The highest BCUT2D eigenvalue weighted by atomic mass is 31.2. The summed E-state index contributed by atoms with van der Waals surface area (Å²) >= 11 is 0. The molecule has 1 unspecified atom stereocenters. The summed E-state index contributed by atoms with van der Waals surface area (Å²) in [5, 5.41) is 10.0. The predicted octanol–water partition coefficient (Wildman–Crippen LogP) is 9.74. The van der Waals surface area contributed by atoms with Gasteiger partial charge in [-0.2, -0.15) is 0 Å². The largest absolute Gasteiger partial charge is 0.472 e. The normalized spacial score (nSPS) is 14.5. The van der Waals surface area contributed by atoms with E-state index < -0.39 is 38.6 Å². The molecular formula is C40H72NO9P. The number of carbonyl (C=O) groups excluding carboxylic acids is 2. The second-order valence-corrected chi connectivity index (χ2v) is 14.5. The van der Waals surface area contributed by atoms with Crippen LogP contribution in [0.2, 0.25) is 0 Å². The first kappa shape index (κ1) is 48.9. The first-order chi connectivity index (χ1) is 24.7. The van der Waals surface area contributed by atoms with E-state index in [4.69, 9.17) is 24.3 Å². The molecular weight excluding hydrogens is 669 g/mol. The molecule has 0 saturated heterocycles. The molecule has 51 heavy (non-hydrogen) atoms. The lowest BCUT2D eigenvalue weighted by molar-refractivity contribution is -0.161. The molecule has 0 aliphatic carbocycles. The Balaban J connectivity index is 4.39. The lowest BCUT2D eigenvalue weighted by Crippen LogP contribution is -2.29. The minimum Gasteiger partial charge on any atom is -0.462 e. The maximum Gasteiger partial charge on any atom is 0.472 e. The van der Waals surface area contributed by atoms with Gasteiger partial charge in [-0.3, -0.25) is 18.6 Å². The summed E-state index contributed by atoms with van der Waals surface area (Å²) in [5.41, 5.74) is 5.32. The van der Waals surface area contributed by atoms with E-state index in [0.717, 1.165) is 32.1 Å². The van der Waals surface area contributed by atoms with Crippen LogP contribution in [0.1, 0.15) is 155 Å². The third-order valence-corrected chi connectivity index (χ3v) is 9.03. The molecule has 10 nitrogen and oxygen atoms in total. The van der Waals surface area contributed by atoms with Gasteiger partial charge in [-0.25, -0.2) is 4.57 Å². The molecule has 0 amide bonds. The van der Waals surface area contributed by atoms with Crippen molar-refractivity contribution < 1.29 is 42.7 Å². The summed E-state index contributed by atoms with van der Waals surface area (Å²) in [5.74, 6) is -0.937. The lowest BCUT2D eigenvalue weighted by Gasteiger charge is -2.19. The Kier molecular flexibility index (Phi) is 34.8. The number of aliphatic hydroxyl groups is 1. The smallest absolute Gasteiger partial charge is 0.462 e. The van der Waals surface area contributed by atoms with Crippen molar-refractivity contribution in [2.75, 3.05) is 26.4 Å². The molecule has 0 fully saturated rings. The van der Waals surface area contributed by atoms with Gasteiger partial charge in [-0.1, -0.05) is 146 Å². The molecule has 0 aromatic heterocycles. The van der Waals surface area contributed by atoms with Crippen molar-refractivity contribution in [3.8, 4) is 0 Å². The number of ether oxygens (including phenoxy) is 2. The summed E-state index contributed by atoms with van der Waals surface area (Å²) in [6.45, 7) is 3.52.